The number of methoxy groups -OCH3 is 2. The lowest BCUT2D eigenvalue weighted by atomic mass is 10.2. The van der Waals surface area contributed by atoms with Crippen LogP contribution in [-0.4, -0.2) is 30.8 Å². The maximum absolute atomic E-state index is 5.87. The lowest BCUT2D eigenvalue weighted by Crippen LogP contribution is -2.03. The van der Waals surface area contributed by atoms with Crippen molar-refractivity contribution in [2.24, 2.45) is 0 Å². The van der Waals surface area contributed by atoms with E-state index in [2.05, 4.69) is 9.97 Å². The van der Waals surface area contributed by atoms with Crippen LogP contribution in [0.1, 0.15) is 5.56 Å². The Kier molecular flexibility index (Phi) is 5.01. The SMILES string of the molecule is COc1cc2ncc(OCCc3ccc(Cl)cc3)nc2cc1OC. The maximum atomic E-state index is 5.87. The van der Waals surface area contributed by atoms with Gasteiger partial charge in [0.2, 0.25) is 5.88 Å². The van der Waals surface area contributed by atoms with Crippen LogP contribution in [0.4, 0.5) is 0 Å². The molecule has 1 aromatic heterocycles. The zero-order chi connectivity index (χ0) is 16.9. The van der Waals surface area contributed by atoms with Crippen LogP contribution < -0.4 is 14.2 Å². The molecule has 0 bridgehead atoms. The van der Waals surface area contributed by atoms with Gasteiger partial charge in [-0.25, -0.2) is 9.97 Å². The molecule has 5 nitrogen and oxygen atoms in total. The van der Waals surface area contributed by atoms with Crippen molar-refractivity contribution < 1.29 is 14.2 Å². The predicted octanol–water partition coefficient (Wildman–Crippen LogP) is 3.92. The van der Waals surface area contributed by atoms with E-state index in [0.29, 0.717) is 29.5 Å². The van der Waals surface area contributed by atoms with Crippen molar-refractivity contribution in [3.63, 3.8) is 0 Å². The van der Waals surface area contributed by atoms with Crippen LogP contribution in [0.2, 0.25) is 5.02 Å². The number of benzene rings is 2. The molecule has 0 N–H and O–H groups in total. The first-order valence-electron chi connectivity index (χ1n) is 7.45. The molecule has 6 heteroatoms. The molecule has 0 atom stereocenters. The molecule has 24 heavy (non-hydrogen) atoms. The molecule has 0 unspecified atom stereocenters. The highest BCUT2D eigenvalue weighted by Crippen LogP contribution is 2.31. The van der Waals surface area contributed by atoms with Crippen molar-refractivity contribution in [1.82, 2.24) is 9.97 Å². The first kappa shape index (κ1) is 16.3. The Morgan fingerprint density at radius 1 is 0.958 bits per heavy atom. The van der Waals surface area contributed by atoms with Gasteiger partial charge in [-0.05, 0) is 17.7 Å². The third-order valence-corrected chi connectivity index (χ3v) is 3.83. The van der Waals surface area contributed by atoms with E-state index >= 15 is 0 Å². The van der Waals surface area contributed by atoms with Crippen LogP contribution in [0.25, 0.3) is 11.0 Å². The fourth-order valence-corrected chi connectivity index (χ4v) is 2.44. The molecule has 2 aromatic carbocycles. The quantitative estimate of drug-likeness (QED) is 0.678. The average Bonchev–Trinajstić information content (AvgIpc) is 2.62. The van der Waals surface area contributed by atoms with Gasteiger partial charge < -0.3 is 14.2 Å². The van der Waals surface area contributed by atoms with E-state index in [1.54, 1.807) is 32.5 Å². The van der Waals surface area contributed by atoms with Crippen molar-refractivity contribution >= 4 is 22.6 Å². The zero-order valence-electron chi connectivity index (χ0n) is 13.5. The van der Waals surface area contributed by atoms with Crippen molar-refractivity contribution in [3.05, 3.63) is 53.2 Å². The summed E-state index contributed by atoms with van der Waals surface area (Å²) in [6.45, 7) is 0.509. The summed E-state index contributed by atoms with van der Waals surface area (Å²) in [7, 11) is 3.18. The minimum Gasteiger partial charge on any atom is -0.493 e. The second-order valence-electron chi connectivity index (χ2n) is 5.13. The number of hydrogen-bond donors (Lipinski definition) is 0. The first-order chi connectivity index (χ1) is 11.7. The number of aromatic nitrogens is 2. The van der Waals surface area contributed by atoms with Crippen molar-refractivity contribution in [2.45, 2.75) is 6.42 Å². The second kappa shape index (κ2) is 7.36. The topological polar surface area (TPSA) is 53.5 Å². The molecule has 124 valence electrons. The molecule has 0 spiro atoms. The molecular weight excluding hydrogens is 328 g/mol. The molecule has 0 fully saturated rings. The van der Waals surface area contributed by atoms with E-state index in [1.807, 2.05) is 24.3 Å². The van der Waals surface area contributed by atoms with E-state index in [0.717, 1.165) is 22.5 Å². The van der Waals surface area contributed by atoms with Crippen LogP contribution in [0.5, 0.6) is 17.4 Å². The minimum atomic E-state index is 0.476. The lowest BCUT2D eigenvalue weighted by Gasteiger charge is -2.09. The summed E-state index contributed by atoms with van der Waals surface area (Å²) in [6, 6.07) is 11.3. The van der Waals surface area contributed by atoms with Gasteiger partial charge in [-0.3, -0.25) is 0 Å². The first-order valence-corrected chi connectivity index (χ1v) is 7.83. The largest absolute Gasteiger partial charge is 0.493 e. The van der Waals surface area contributed by atoms with Crippen LogP contribution in [0.15, 0.2) is 42.6 Å². The Morgan fingerprint density at radius 3 is 2.29 bits per heavy atom. The highest BCUT2D eigenvalue weighted by Gasteiger charge is 2.09. The van der Waals surface area contributed by atoms with Crippen molar-refractivity contribution in [3.8, 4) is 17.4 Å². The van der Waals surface area contributed by atoms with Crippen LogP contribution >= 0.6 is 11.6 Å². The zero-order valence-corrected chi connectivity index (χ0v) is 14.2. The smallest absolute Gasteiger partial charge is 0.232 e. The number of ether oxygens (including phenoxy) is 3. The van der Waals surface area contributed by atoms with Gasteiger partial charge in [0.25, 0.3) is 0 Å². The van der Waals surface area contributed by atoms with Gasteiger partial charge in [-0.15, -0.1) is 0 Å². The molecular formula is C18H17ClN2O3. The molecule has 0 aliphatic heterocycles. The summed E-state index contributed by atoms with van der Waals surface area (Å²) in [6.07, 6.45) is 2.37. The van der Waals surface area contributed by atoms with E-state index < -0.39 is 0 Å². The van der Waals surface area contributed by atoms with Gasteiger partial charge in [0, 0.05) is 23.6 Å². The van der Waals surface area contributed by atoms with Gasteiger partial charge in [0.05, 0.1) is 38.1 Å². The number of hydrogen-bond acceptors (Lipinski definition) is 5. The highest BCUT2D eigenvalue weighted by molar-refractivity contribution is 6.30. The Morgan fingerprint density at radius 2 is 1.62 bits per heavy atom. The Balaban J connectivity index is 1.71. The summed E-state index contributed by atoms with van der Waals surface area (Å²) >= 11 is 5.87. The van der Waals surface area contributed by atoms with E-state index in [4.69, 9.17) is 25.8 Å². The molecule has 0 saturated carbocycles. The maximum Gasteiger partial charge on any atom is 0.232 e. The van der Waals surface area contributed by atoms with Crippen molar-refractivity contribution in [2.75, 3.05) is 20.8 Å². The summed E-state index contributed by atoms with van der Waals surface area (Å²) in [5.74, 6) is 1.71. The number of rotatable bonds is 6. The molecule has 0 aliphatic carbocycles. The van der Waals surface area contributed by atoms with Gasteiger partial charge in [0.15, 0.2) is 11.5 Å². The minimum absolute atomic E-state index is 0.476. The number of nitrogens with zero attached hydrogens (tertiary/aromatic N) is 2. The second-order valence-corrected chi connectivity index (χ2v) is 5.57. The monoisotopic (exact) mass is 344 g/mol. The third-order valence-electron chi connectivity index (χ3n) is 3.58. The van der Waals surface area contributed by atoms with Crippen molar-refractivity contribution in [1.29, 1.82) is 0 Å². The average molecular weight is 345 g/mol. The van der Waals surface area contributed by atoms with Gasteiger partial charge in [-0.2, -0.15) is 0 Å². The molecule has 0 amide bonds. The van der Waals surface area contributed by atoms with Gasteiger partial charge in [0.1, 0.15) is 0 Å². The lowest BCUT2D eigenvalue weighted by molar-refractivity contribution is 0.309. The standard InChI is InChI=1S/C18H17ClN2O3/c1-22-16-9-14-15(10-17(16)23-2)21-18(11-20-14)24-8-7-12-3-5-13(19)6-4-12/h3-6,9-11H,7-8H2,1-2H3. The molecule has 0 radical (unpaired) electrons. The predicted molar refractivity (Wildman–Crippen MR) is 93.3 cm³/mol. The third kappa shape index (κ3) is 3.68. The van der Waals surface area contributed by atoms with Gasteiger partial charge in [-0.1, -0.05) is 23.7 Å². The Hall–Kier alpha value is -2.53. The van der Waals surface area contributed by atoms with E-state index in [-0.39, 0.29) is 0 Å². The Bertz CT molecular complexity index is 838. The molecule has 1 heterocycles. The van der Waals surface area contributed by atoms with E-state index in [1.165, 1.54) is 0 Å². The molecule has 3 aromatic rings. The number of halogens is 1. The molecule has 0 aliphatic rings. The summed E-state index contributed by atoms with van der Waals surface area (Å²) in [5, 5.41) is 0.726. The number of fused-ring (bicyclic) bond motifs is 1. The normalized spacial score (nSPS) is 10.6. The van der Waals surface area contributed by atoms with Gasteiger partial charge >= 0.3 is 0 Å². The molecule has 0 saturated heterocycles. The fourth-order valence-electron chi connectivity index (χ4n) is 2.32. The fraction of sp³-hybridized carbons (Fsp3) is 0.222. The van der Waals surface area contributed by atoms with E-state index in [9.17, 15) is 0 Å². The summed E-state index contributed by atoms with van der Waals surface area (Å²) in [4.78, 5) is 8.83. The highest BCUT2D eigenvalue weighted by atomic mass is 35.5. The summed E-state index contributed by atoms with van der Waals surface area (Å²) in [5.41, 5.74) is 2.56. The van der Waals surface area contributed by atoms with Crippen LogP contribution in [-0.2, 0) is 6.42 Å². The summed E-state index contributed by atoms with van der Waals surface area (Å²) < 4.78 is 16.3. The molecule has 3 rings (SSSR count). The van der Waals surface area contributed by atoms with Crippen LogP contribution in [0, 0.1) is 0 Å². The Labute approximate surface area is 145 Å². The van der Waals surface area contributed by atoms with Crippen LogP contribution in [0.3, 0.4) is 0 Å².